The molecule has 2 unspecified atom stereocenters. The predicted molar refractivity (Wildman–Crippen MR) is 98.6 cm³/mol. The molecule has 2 aliphatic heterocycles. The Hall–Kier alpha value is -2.22. The maximum atomic E-state index is 12.7. The van der Waals surface area contributed by atoms with Crippen LogP contribution < -0.4 is 15.0 Å². The number of ether oxygens (including phenoxy) is 1. The average molecular weight is 378 g/mol. The van der Waals surface area contributed by atoms with Crippen molar-refractivity contribution in [2.45, 2.75) is 25.3 Å². The van der Waals surface area contributed by atoms with Gasteiger partial charge in [-0.25, -0.2) is 4.79 Å². The number of anilines is 1. The summed E-state index contributed by atoms with van der Waals surface area (Å²) in [6.45, 7) is 2.13. The number of carbonyl (C=O) groups excluding carboxylic acids is 2. The van der Waals surface area contributed by atoms with Crippen LogP contribution in [-0.2, 0) is 14.4 Å². The van der Waals surface area contributed by atoms with Crippen molar-refractivity contribution in [3.05, 3.63) is 23.8 Å². The Balaban J connectivity index is 1.76. The molecular weight excluding hydrogens is 356 g/mol. The van der Waals surface area contributed by atoms with Crippen molar-refractivity contribution in [2.24, 2.45) is 5.92 Å². The maximum Gasteiger partial charge on any atom is 0.330 e. The van der Waals surface area contributed by atoms with Crippen LogP contribution in [0.3, 0.4) is 0 Å². The lowest BCUT2D eigenvalue weighted by atomic mass is 9.97. The third-order valence-electron chi connectivity index (χ3n) is 4.91. The minimum atomic E-state index is -1.22. The highest BCUT2D eigenvalue weighted by atomic mass is 32.2. The number of nitrogens with zero attached hydrogens (tertiary/aromatic N) is 1. The molecule has 2 amide bonds. The van der Waals surface area contributed by atoms with Crippen LogP contribution in [-0.4, -0.2) is 53.6 Å². The lowest BCUT2D eigenvalue weighted by molar-refractivity contribution is -0.147. The number of nitrogens with one attached hydrogen (secondary N) is 1. The van der Waals surface area contributed by atoms with Gasteiger partial charge in [0.15, 0.2) is 0 Å². The van der Waals surface area contributed by atoms with Crippen molar-refractivity contribution in [1.82, 2.24) is 5.32 Å². The van der Waals surface area contributed by atoms with Gasteiger partial charge in [0.2, 0.25) is 11.8 Å². The van der Waals surface area contributed by atoms with E-state index in [1.165, 1.54) is 18.9 Å². The van der Waals surface area contributed by atoms with Crippen molar-refractivity contribution in [3.63, 3.8) is 0 Å². The number of thioether (sulfide) groups is 1. The molecule has 0 aromatic heterocycles. The summed E-state index contributed by atoms with van der Waals surface area (Å²) in [7, 11) is 1.54. The molecule has 2 saturated heterocycles. The van der Waals surface area contributed by atoms with Gasteiger partial charge in [-0.2, -0.15) is 11.8 Å². The van der Waals surface area contributed by atoms with E-state index in [2.05, 4.69) is 5.32 Å². The zero-order valence-corrected chi connectivity index (χ0v) is 15.6. The van der Waals surface area contributed by atoms with E-state index >= 15 is 0 Å². The van der Waals surface area contributed by atoms with E-state index < -0.39 is 17.4 Å². The van der Waals surface area contributed by atoms with Gasteiger partial charge < -0.3 is 20.1 Å². The molecule has 2 N–H and O–H groups in total. The molecule has 2 heterocycles. The molecule has 0 aliphatic carbocycles. The summed E-state index contributed by atoms with van der Waals surface area (Å²) in [5, 5.41) is 12.2. The third-order valence-corrected chi connectivity index (χ3v) is 6.10. The van der Waals surface area contributed by atoms with Crippen molar-refractivity contribution < 1.29 is 24.2 Å². The van der Waals surface area contributed by atoms with E-state index in [9.17, 15) is 19.5 Å². The molecule has 26 heavy (non-hydrogen) atoms. The molecule has 2 fully saturated rings. The molecule has 140 valence electrons. The first-order valence-electron chi connectivity index (χ1n) is 8.44. The number of carboxylic acid groups (broad SMARTS) is 1. The summed E-state index contributed by atoms with van der Waals surface area (Å²) in [5.74, 6) is -0.518. The summed E-state index contributed by atoms with van der Waals surface area (Å²) >= 11 is 1.51. The second-order valence-corrected chi connectivity index (χ2v) is 7.86. The van der Waals surface area contributed by atoms with E-state index in [0.717, 1.165) is 5.56 Å². The van der Waals surface area contributed by atoms with Gasteiger partial charge in [-0.3, -0.25) is 9.59 Å². The summed E-state index contributed by atoms with van der Waals surface area (Å²) in [5.41, 5.74) is 0.394. The molecule has 2 atom stereocenters. The van der Waals surface area contributed by atoms with Crippen molar-refractivity contribution in [1.29, 1.82) is 0 Å². The fourth-order valence-corrected chi connectivity index (χ4v) is 4.68. The second kappa shape index (κ2) is 7.19. The normalized spacial score (nSPS) is 25.4. The summed E-state index contributed by atoms with van der Waals surface area (Å²) in [6.07, 6.45) is 0.459. The van der Waals surface area contributed by atoms with E-state index in [1.807, 2.05) is 19.1 Å². The average Bonchev–Trinajstić information content (AvgIpc) is 3.22. The Bertz CT molecular complexity index is 745. The van der Waals surface area contributed by atoms with Crippen LogP contribution in [0.4, 0.5) is 5.69 Å². The second-order valence-electron chi connectivity index (χ2n) is 6.76. The number of amides is 2. The number of aliphatic carboxylic acids is 1. The molecule has 3 rings (SSSR count). The van der Waals surface area contributed by atoms with E-state index in [0.29, 0.717) is 29.4 Å². The number of hydrogen-bond donors (Lipinski definition) is 2. The first kappa shape index (κ1) is 18.6. The molecule has 1 aromatic rings. The minimum Gasteiger partial charge on any atom is -0.495 e. The number of carboxylic acids is 1. The standard InChI is InChI=1S/C18H22N2O5S/c1-11-3-4-14(25-2)13(7-11)20-9-12(8-15(20)21)16(22)19-18(17(23)24)5-6-26-10-18/h3-4,7,12H,5-6,8-10H2,1-2H3,(H,19,22)(H,23,24). The topological polar surface area (TPSA) is 95.9 Å². The smallest absolute Gasteiger partial charge is 0.330 e. The van der Waals surface area contributed by atoms with Crippen LogP contribution in [0.1, 0.15) is 18.4 Å². The van der Waals surface area contributed by atoms with Crippen molar-refractivity contribution in [2.75, 3.05) is 30.1 Å². The van der Waals surface area contributed by atoms with Gasteiger partial charge in [-0.1, -0.05) is 6.07 Å². The molecule has 0 bridgehead atoms. The van der Waals surface area contributed by atoms with Gasteiger partial charge >= 0.3 is 5.97 Å². The zero-order valence-electron chi connectivity index (χ0n) is 14.8. The van der Waals surface area contributed by atoms with Crippen molar-refractivity contribution >= 4 is 35.2 Å². The first-order valence-corrected chi connectivity index (χ1v) is 9.60. The molecular formula is C18H22N2O5S. The van der Waals surface area contributed by atoms with E-state index in [1.54, 1.807) is 11.0 Å². The summed E-state index contributed by atoms with van der Waals surface area (Å²) in [6, 6.07) is 5.53. The Labute approximate surface area is 156 Å². The number of aryl methyl sites for hydroxylation is 1. The lowest BCUT2D eigenvalue weighted by Gasteiger charge is -2.26. The third kappa shape index (κ3) is 3.38. The monoisotopic (exact) mass is 378 g/mol. The Morgan fingerprint density at radius 1 is 1.42 bits per heavy atom. The molecule has 0 spiro atoms. The van der Waals surface area contributed by atoms with Crippen LogP contribution in [0.2, 0.25) is 0 Å². The van der Waals surface area contributed by atoms with Gasteiger partial charge in [0.05, 0.1) is 18.7 Å². The highest BCUT2D eigenvalue weighted by Gasteiger charge is 2.46. The van der Waals surface area contributed by atoms with Crippen LogP contribution >= 0.6 is 11.8 Å². The van der Waals surface area contributed by atoms with Crippen LogP contribution in [0.15, 0.2) is 18.2 Å². The van der Waals surface area contributed by atoms with Crippen LogP contribution in [0.25, 0.3) is 0 Å². The van der Waals surface area contributed by atoms with Gasteiger partial charge in [-0.05, 0) is 36.8 Å². The van der Waals surface area contributed by atoms with Gasteiger partial charge in [0, 0.05) is 18.7 Å². The Morgan fingerprint density at radius 2 is 2.19 bits per heavy atom. The van der Waals surface area contributed by atoms with E-state index in [4.69, 9.17) is 4.74 Å². The molecule has 8 heteroatoms. The largest absolute Gasteiger partial charge is 0.495 e. The summed E-state index contributed by atoms with van der Waals surface area (Å²) < 4.78 is 5.34. The fourth-order valence-electron chi connectivity index (χ4n) is 3.35. The molecule has 7 nitrogen and oxygen atoms in total. The number of carbonyl (C=O) groups is 3. The highest BCUT2D eigenvalue weighted by Crippen LogP contribution is 2.35. The predicted octanol–water partition coefficient (Wildman–Crippen LogP) is 1.43. The SMILES string of the molecule is COc1ccc(C)cc1N1CC(C(=O)NC2(C(=O)O)CCSC2)CC1=O. The minimum absolute atomic E-state index is 0.0613. The number of hydrogen-bond acceptors (Lipinski definition) is 5. The number of benzene rings is 1. The highest BCUT2D eigenvalue weighted by molar-refractivity contribution is 7.99. The zero-order chi connectivity index (χ0) is 18.9. The maximum absolute atomic E-state index is 12.7. The van der Waals surface area contributed by atoms with Gasteiger partial charge in [-0.15, -0.1) is 0 Å². The lowest BCUT2D eigenvalue weighted by Crippen LogP contribution is -2.56. The fraction of sp³-hybridized carbons (Fsp3) is 0.500. The number of methoxy groups -OCH3 is 1. The van der Waals surface area contributed by atoms with E-state index in [-0.39, 0.29) is 24.8 Å². The van der Waals surface area contributed by atoms with Crippen molar-refractivity contribution in [3.8, 4) is 5.75 Å². The Morgan fingerprint density at radius 3 is 2.81 bits per heavy atom. The molecule has 1 aromatic carbocycles. The molecule has 0 radical (unpaired) electrons. The van der Waals surface area contributed by atoms with Crippen LogP contribution in [0.5, 0.6) is 5.75 Å². The Kier molecular flexibility index (Phi) is 5.13. The number of rotatable bonds is 5. The van der Waals surface area contributed by atoms with Crippen LogP contribution in [0, 0.1) is 12.8 Å². The molecule has 0 saturated carbocycles. The summed E-state index contributed by atoms with van der Waals surface area (Å²) in [4.78, 5) is 38.3. The quantitative estimate of drug-likeness (QED) is 0.805. The van der Waals surface area contributed by atoms with Gasteiger partial charge in [0.25, 0.3) is 0 Å². The molecule has 2 aliphatic rings. The van der Waals surface area contributed by atoms with Gasteiger partial charge in [0.1, 0.15) is 11.3 Å². The first-order chi connectivity index (χ1) is 12.4.